The van der Waals surface area contributed by atoms with Crippen LogP contribution in [0, 0.1) is 5.92 Å². The van der Waals surface area contributed by atoms with Gasteiger partial charge in [0, 0.05) is 6.04 Å². The van der Waals surface area contributed by atoms with E-state index in [4.69, 9.17) is 5.73 Å². The Morgan fingerprint density at radius 2 is 2.04 bits per heavy atom. The minimum atomic E-state index is 0.435. The van der Waals surface area contributed by atoms with Crippen LogP contribution in [0.3, 0.4) is 0 Å². The monoisotopic (exact) mass is 331 g/mol. The lowest BCUT2D eigenvalue weighted by atomic mass is 9.82. The highest BCUT2D eigenvalue weighted by molar-refractivity contribution is 7.99. The molecule has 0 aliphatic heterocycles. The minimum Gasteiger partial charge on any atom is -0.328 e. The second kappa shape index (κ2) is 8.58. The van der Waals surface area contributed by atoms with Crippen molar-refractivity contribution in [3.8, 4) is 0 Å². The molecule has 0 saturated heterocycles. The number of benzene rings is 1. The van der Waals surface area contributed by atoms with Crippen LogP contribution in [0.25, 0.3) is 0 Å². The lowest BCUT2D eigenvalue weighted by Gasteiger charge is -2.25. The predicted octanol–water partition coefficient (Wildman–Crippen LogP) is 5.31. The molecule has 1 saturated carbocycles. The third kappa shape index (κ3) is 4.76. The fraction of sp³-hybridized carbons (Fsp3) is 0.714. The highest BCUT2D eigenvalue weighted by Crippen LogP contribution is 2.36. The molecule has 2 N–H and O–H groups in total. The molecule has 2 heteroatoms. The molecule has 0 bridgehead atoms. The van der Waals surface area contributed by atoms with Crippen LogP contribution in [-0.2, 0) is 12.8 Å². The summed E-state index contributed by atoms with van der Waals surface area (Å²) in [5, 5.41) is 0. The number of nitrogens with two attached hydrogens (primary N) is 1. The van der Waals surface area contributed by atoms with E-state index in [9.17, 15) is 0 Å². The van der Waals surface area contributed by atoms with Crippen molar-refractivity contribution in [2.24, 2.45) is 11.7 Å². The first-order chi connectivity index (χ1) is 11.3. The van der Waals surface area contributed by atoms with Crippen molar-refractivity contribution in [2.45, 2.75) is 76.7 Å². The van der Waals surface area contributed by atoms with Crippen LogP contribution in [-0.4, -0.2) is 17.5 Å². The quantitative estimate of drug-likeness (QED) is 0.685. The molecule has 0 aromatic heterocycles. The van der Waals surface area contributed by atoms with Gasteiger partial charge in [-0.25, -0.2) is 0 Å². The fourth-order valence-corrected chi connectivity index (χ4v) is 5.46. The Hall–Kier alpha value is -0.470. The van der Waals surface area contributed by atoms with Crippen LogP contribution < -0.4 is 5.73 Å². The van der Waals surface area contributed by atoms with E-state index in [2.05, 4.69) is 36.9 Å². The molecule has 3 unspecified atom stereocenters. The smallest absolute Gasteiger partial charge is 0.00448 e. The molecule has 0 radical (unpaired) electrons. The predicted molar refractivity (Wildman–Crippen MR) is 103 cm³/mol. The average Bonchev–Trinajstić information content (AvgIpc) is 3.00. The second-order valence-electron chi connectivity index (χ2n) is 7.69. The van der Waals surface area contributed by atoms with Gasteiger partial charge >= 0.3 is 0 Å². The summed E-state index contributed by atoms with van der Waals surface area (Å²) in [6, 6.07) is 7.79. The van der Waals surface area contributed by atoms with Crippen molar-refractivity contribution in [2.75, 3.05) is 11.5 Å². The number of hydrogen-bond acceptors (Lipinski definition) is 2. The fourth-order valence-electron chi connectivity index (χ4n) is 4.27. The maximum Gasteiger partial charge on any atom is 0.00448 e. The summed E-state index contributed by atoms with van der Waals surface area (Å²) in [6.07, 6.45) is 11.8. The Labute approximate surface area is 146 Å². The van der Waals surface area contributed by atoms with Crippen LogP contribution in [0.5, 0.6) is 0 Å². The van der Waals surface area contributed by atoms with Crippen molar-refractivity contribution in [1.29, 1.82) is 0 Å². The minimum absolute atomic E-state index is 0.435. The summed E-state index contributed by atoms with van der Waals surface area (Å²) in [5.41, 5.74) is 10.9. The van der Waals surface area contributed by atoms with Crippen molar-refractivity contribution in [3.05, 3.63) is 34.9 Å². The third-order valence-electron chi connectivity index (χ3n) is 5.75. The van der Waals surface area contributed by atoms with E-state index in [1.165, 1.54) is 69.3 Å². The van der Waals surface area contributed by atoms with Crippen LogP contribution in [0.1, 0.15) is 74.5 Å². The standard InChI is InChI=1S/C21H33NS/c1-2-3-4-11-23-15-16-5-6-18-13-19(8-7-17(18)12-16)20-9-10-21(22)14-20/h7-8,13,16,20-21H,2-6,9-12,14-15,22H2,1H3. The molecule has 2 aliphatic rings. The van der Waals surface area contributed by atoms with Gasteiger partial charge in [0.05, 0.1) is 0 Å². The van der Waals surface area contributed by atoms with Gasteiger partial charge in [-0.1, -0.05) is 38.0 Å². The molecule has 1 fully saturated rings. The normalized spacial score (nSPS) is 27.1. The zero-order valence-electron chi connectivity index (χ0n) is 14.7. The maximum absolute atomic E-state index is 6.09. The van der Waals surface area contributed by atoms with Gasteiger partial charge in [-0.2, -0.15) is 11.8 Å². The van der Waals surface area contributed by atoms with Crippen molar-refractivity contribution < 1.29 is 0 Å². The number of thioether (sulfide) groups is 1. The van der Waals surface area contributed by atoms with Gasteiger partial charge in [-0.15, -0.1) is 0 Å². The van der Waals surface area contributed by atoms with Gasteiger partial charge in [0.15, 0.2) is 0 Å². The molecule has 3 atom stereocenters. The summed E-state index contributed by atoms with van der Waals surface area (Å²) in [6.45, 7) is 2.29. The first-order valence-electron chi connectivity index (χ1n) is 9.71. The summed E-state index contributed by atoms with van der Waals surface area (Å²) in [4.78, 5) is 0. The third-order valence-corrected chi connectivity index (χ3v) is 7.04. The van der Waals surface area contributed by atoms with Gasteiger partial charge in [-0.05, 0) is 85.0 Å². The lowest BCUT2D eigenvalue weighted by molar-refractivity contribution is 0.508. The molecular formula is C21H33NS. The molecule has 0 spiro atoms. The zero-order valence-corrected chi connectivity index (χ0v) is 15.5. The Bertz CT molecular complexity index is 499. The van der Waals surface area contributed by atoms with Crippen LogP contribution in [0.4, 0.5) is 0 Å². The van der Waals surface area contributed by atoms with E-state index in [0.717, 1.165) is 11.8 Å². The first kappa shape index (κ1) is 17.4. The Morgan fingerprint density at radius 1 is 1.13 bits per heavy atom. The van der Waals surface area contributed by atoms with E-state index in [1.807, 2.05) is 0 Å². The SMILES string of the molecule is CCCCCSCC1CCc2cc(C3CCC(N)C3)ccc2C1. The van der Waals surface area contributed by atoms with Crippen molar-refractivity contribution >= 4 is 11.8 Å². The highest BCUT2D eigenvalue weighted by atomic mass is 32.2. The molecule has 3 rings (SSSR count). The summed E-state index contributed by atoms with van der Waals surface area (Å²) in [7, 11) is 0. The van der Waals surface area contributed by atoms with Crippen molar-refractivity contribution in [3.63, 3.8) is 0 Å². The molecule has 0 amide bonds. The molecule has 2 aliphatic carbocycles. The first-order valence-corrected chi connectivity index (χ1v) is 10.9. The number of fused-ring (bicyclic) bond motifs is 1. The van der Waals surface area contributed by atoms with Crippen LogP contribution in [0.15, 0.2) is 18.2 Å². The molecule has 23 heavy (non-hydrogen) atoms. The van der Waals surface area contributed by atoms with E-state index in [0.29, 0.717) is 6.04 Å². The molecule has 1 aromatic carbocycles. The Morgan fingerprint density at radius 3 is 2.83 bits per heavy atom. The topological polar surface area (TPSA) is 26.0 Å². The zero-order chi connectivity index (χ0) is 16.1. The van der Waals surface area contributed by atoms with Gasteiger partial charge in [-0.3, -0.25) is 0 Å². The Balaban J connectivity index is 1.51. The number of unbranched alkanes of at least 4 members (excludes halogenated alkanes) is 2. The van der Waals surface area contributed by atoms with Crippen molar-refractivity contribution in [1.82, 2.24) is 0 Å². The molecule has 1 nitrogen and oxygen atoms in total. The van der Waals surface area contributed by atoms with Crippen LogP contribution in [0.2, 0.25) is 0 Å². The summed E-state index contributed by atoms with van der Waals surface area (Å²) in [5.74, 6) is 4.35. The number of aryl methyl sites for hydroxylation is 1. The maximum atomic E-state index is 6.09. The molecular weight excluding hydrogens is 298 g/mol. The van der Waals surface area contributed by atoms with Gasteiger partial charge in [0.2, 0.25) is 0 Å². The van der Waals surface area contributed by atoms with E-state index < -0.39 is 0 Å². The van der Waals surface area contributed by atoms with Gasteiger partial charge in [0.1, 0.15) is 0 Å². The number of rotatable bonds is 7. The lowest BCUT2D eigenvalue weighted by Crippen LogP contribution is -2.17. The molecule has 1 aromatic rings. The summed E-state index contributed by atoms with van der Waals surface area (Å²) >= 11 is 2.18. The second-order valence-corrected chi connectivity index (χ2v) is 8.84. The summed E-state index contributed by atoms with van der Waals surface area (Å²) < 4.78 is 0. The Kier molecular flexibility index (Phi) is 6.47. The average molecular weight is 332 g/mol. The van der Waals surface area contributed by atoms with E-state index in [1.54, 1.807) is 16.7 Å². The number of hydrogen-bond donors (Lipinski definition) is 1. The van der Waals surface area contributed by atoms with E-state index >= 15 is 0 Å². The molecule has 128 valence electrons. The van der Waals surface area contributed by atoms with Gasteiger partial charge in [0.25, 0.3) is 0 Å². The van der Waals surface area contributed by atoms with Crippen LogP contribution >= 0.6 is 11.8 Å². The van der Waals surface area contributed by atoms with E-state index in [-0.39, 0.29) is 0 Å². The largest absolute Gasteiger partial charge is 0.328 e. The van der Waals surface area contributed by atoms with Gasteiger partial charge < -0.3 is 5.73 Å². The molecule has 0 heterocycles. The highest BCUT2D eigenvalue weighted by Gasteiger charge is 2.25.